The lowest BCUT2D eigenvalue weighted by molar-refractivity contribution is 0.102. The normalized spacial score (nSPS) is 23.9. The molecule has 1 heterocycles. The molecule has 1 fully saturated rings. The first-order valence-corrected chi connectivity index (χ1v) is 5.16. The topological polar surface area (TPSA) is 9.23 Å². The third-order valence-corrected chi connectivity index (χ3v) is 2.41. The van der Waals surface area contributed by atoms with E-state index in [1.54, 1.807) is 0 Å². The predicted octanol–water partition coefficient (Wildman–Crippen LogP) is 3.30. The van der Waals surface area contributed by atoms with Gasteiger partial charge >= 0.3 is 0 Å². The van der Waals surface area contributed by atoms with Gasteiger partial charge in [-0.05, 0) is 39.0 Å². The smallest absolute Gasteiger partial charge is 0.0576 e. The highest BCUT2D eigenvalue weighted by molar-refractivity contribution is 4.76. The Kier molecular flexibility index (Phi) is 5.09. The highest BCUT2D eigenvalue weighted by Crippen LogP contribution is 2.17. The summed E-state index contributed by atoms with van der Waals surface area (Å²) in [4.78, 5) is 0. The van der Waals surface area contributed by atoms with Gasteiger partial charge in [0.25, 0.3) is 0 Å². The quantitative estimate of drug-likeness (QED) is 0.452. The first kappa shape index (κ1) is 9.79. The van der Waals surface area contributed by atoms with Gasteiger partial charge in [0.1, 0.15) is 0 Å². The zero-order chi connectivity index (χ0) is 8.65. The second-order valence-corrected chi connectivity index (χ2v) is 3.49. The van der Waals surface area contributed by atoms with Crippen LogP contribution >= 0.6 is 0 Å². The predicted molar refractivity (Wildman–Crippen MR) is 52.3 cm³/mol. The van der Waals surface area contributed by atoms with E-state index in [-0.39, 0.29) is 0 Å². The Balaban J connectivity index is 1.87. The highest BCUT2D eigenvalue weighted by Gasteiger charge is 2.13. The van der Waals surface area contributed by atoms with Crippen LogP contribution in [0.1, 0.15) is 45.4 Å². The molecule has 1 unspecified atom stereocenters. The van der Waals surface area contributed by atoms with Gasteiger partial charge in [0.05, 0.1) is 6.10 Å². The van der Waals surface area contributed by atoms with Crippen LogP contribution in [0.15, 0.2) is 12.2 Å². The molecule has 1 nitrogen and oxygen atoms in total. The number of hydrogen-bond acceptors (Lipinski definition) is 1. The number of rotatable bonds is 5. The highest BCUT2D eigenvalue weighted by atomic mass is 16.5. The van der Waals surface area contributed by atoms with E-state index >= 15 is 0 Å². The van der Waals surface area contributed by atoms with Crippen molar-refractivity contribution < 1.29 is 4.74 Å². The Hall–Kier alpha value is -0.300. The molecule has 1 aliphatic heterocycles. The standard InChI is InChI=1S/C11H20O/c1-2-3-4-5-6-8-11-9-7-10-12-11/h2-3,11H,4-10H2,1H3/b3-2+. The molecule has 70 valence electrons. The Morgan fingerprint density at radius 2 is 2.33 bits per heavy atom. The minimum Gasteiger partial charge on any atom is -0.378 e. The van der Waals surface area contributed by atoms with Gasteiger partial charge in [0.15, 0.2) is 0 Å². The maximum Gasteiger partial charge on any atom is 0.0576 e. The molecule has 0 aromatic carbocycles. The van der Waals surface area contributed by atoms with E-state index in [0.717, 1.165) is 6.61 Å². The monoisotopic (exact) mass is 168 g/mol. The number of ether oxygens (including phenoxy) is 1. The van der Waals surface area contributed by atoms with Crippen LogP contribution < -0.4 is 0 Å². The van der Waals surface area contributed by atoms with Crippen molar-refractivity contribution in [3.05, 3.63) is 12.2 Å². The van der Waals surface area contributed by atoms with E-state index in [2.05, 4.69) is 19.1 Å². The van der Waals surface area contributed by atoms with Crippen LogP contribution in [0.25, 0.3) is 0 Å². The first-order chi connectivity index (χ1) is 5.93. The maximum atomic E-state index is 5.54. The van der Waals surface area contributed by atoms with Crippen LogP contribution in [0, 0.1) is 0 Å². The number of allylic oxidation sites excluding steroid dienone is 2. The molecule has 12 heavy (non-hydrogen) atoms. The van der Waals surface area contributed by atoms with Crippen molar-refractivity contribution in [2.45, 2.75) is 51.6 Å². The minimum atomic E-state index is 0.593. The average molecular weight is 168 g/mol. The first-order valence-electron chi connectivity index (χ1n) is 5.16. The van der Waals surface area contributed by atoms with Crippen molar-refractivity contribution >= 4 is 0 Å². The third-order valence-electron chi connectivity index (χ3n) is 2.41. The van der Waals surface area contributed by atoms with E-state index < -0.39 is 0 Å². The van der Waals surface area contributed by atoms with Crippen molar-refractivity contribution in [2.75, 3.05) is 6.61 Å². The van der Waals surface area contributed by atoms with Crippen LogP contribution in [0.5, 0.6) is 0 Å². The van der Waals surface area contributed by atoms with Crippen LogP contribution in [0.3, 0.4) is 0 Å². The Morgan fingerprint density at radius 3 is 3.00 bits per heavy atom. The summed E-state index contributed by atoms with van der Waals surface area (Å²) in [5.74, 6) is 0. The van der Waals surface area contributed by atoms with E-state index in [0.29, 0.717) is 6.10 Å². The summed E-state index contributed by atoms with van der Waals surface area (Å²) in [7, 11) is 0. The second kappa shape index (κ2) is 6.24. The largest absolute Gasteiger partial charge is 0.378 e. The number of hydrogen-bond donors (Lipinski definition) is 0. The van der Waals surface area contributed by atoms with Crippen LogP contribution in [-0.4, -0.2) is 12.7 Å². The van der Waals surface area contributed by atoms with Gasteiger partial charge in [-0.25, -0.2) is 0 Å². The summed E-state index contributed by atoms with van der Waals surface area (Å²) in [5, 5.41) is 0. The van der Waals surface area contributed by atoms with Gasteiger partial charge in [-0.15, -0.1) is 0 Å². The van der Waals surface area contributed by atoms with E-state index in [1.807, 2.05) is 0 Å². The molecule has 1 saturated heterocycles. The minimum absolute atomic E-state index is 0.593. The molecule has 1 heteroatoms. The maximum absolute atomic E-state index is 5.54. The Labute approximate surface area is 75.8 Å². The fourth-order valence-corrected chi connectivity index (χ4v) is 1.67. The molecule has 0 amide bonds. The molecule has 0 aromatic rings. The van der Waals surface area contributed by atoms with Gasteiger partial charge in [-0.2, -0.15) is 0 Å². The van der Waals surface area contributed by atoms with E-state index in [1.165, 1.54) is 38.5 Å². The van der Waals surface area contributed by atoms with Gasteiger partial charge in [0, 0.05) is 6.61 Å². The summed E-state index contributed by atoms with van der Waals surface area (Å²) in [6.07, 6.45) is 12.7. The Morgan fingerprint density at radius 1 is 1.42 bits per heavy atom. The summed E-state index contributed by atoms with van der Waals surface area (Å²) in [6, 6.07) is 0. The van der Waals surface area contributed by atoms with Gasteiger partial charge < -0.3 is 4.74 Å². The Bertz CT molecular complexity index is 123. The van der Waals surface area contributed by atoms with Gasteiger partial charge in [0.2, 0.25) is 0 Å². The fraction of sp³-hybridized carbons (Fsp3) is 0.818. The zero-order valence-corrected chi connectivity index (χ0v) is 8.09. The molecular weight excluding hydrogens is 148 g/mol. The third kappa shape index (κ3) is 3.91. The second-order valence-electron chi connectivity index (χ2n) is 3.49. The van der Waals surface area contributed by atoms with Gasteiger partial charge in [-0.3, -0.25) is 0 Å². The fourth-order valence-electron chi connectivity index (χ4n) is 1.67. The van der Waals surface area contributed by atoms with Crippen LogP contribution in [0.2, 0.25) is 0 Å². The molecule has 0 saturated carbocycles. The van der Waals surface area contributed by atoms with Crippen LogP contribution in [-0.2, 0) is 4.74 Å². The molecule has 0 aromatic heterocycles. The molecule has 0 radical (unpaired) electrons. The summed E-state index contributed by atoms with van der Waals surface area (Å²) in [5.41, 5.74) is 0. The van der Waals surface area contributed by atoms with Crippen molar-refractivity contribution in [3.63, 3.8) is 0 Å². The molecule has 0 spiro atoms. The number of unbranched alkanes of at least 4 members (excludes halogenated alkanes) is 2. The molecule has 1 atom stereocenters. The van der Waals surface area contributed by atoms with Crippen molar-refractivity contribution in [2.24, 2.45) is 0 Å². The SMILES string of the molecule is C/C=C/CCCCC1CCCO1. The zero-order valence-electron chi connectivity index (χ0n) is 8.09. The van der Waals surface area contributed by atoms with Crippen LogP contribution in [0.4, 0.5) is 0 Å². The summed E-state index contributed by atoms with van der Waals surface area (Å²) in [6.45, 7) is 3.08. The molecule has 1 aliphatic rings. The van der Waals surface area contributed by atoms with Crippen molar-refractivity contribution in [1.82, 2.24) is 0 Å². The molecule has 1 rings (SSSR count). The summed E-state index contributed by atoms with van der Waals surface area (Å²) >= 11 is 0. The van der Waals surface area contributed by atoms with Crippen molar-refractivity contribution in [1.29, 1.82) is 0 Å². The van der Waals surface area contributed by atoms with Crippen molar-refractivity contribution in [3.8, 4) is 0 Å². The molecular formula is C11H20O. The lowest BCUT2D eigenvalue weighted by Gasteiger charge is -2.07. The van der Waals surface area contributed by atoms with Gasteiger partial charge in [-0.1, -0.05) is 18.6 Å². The lowest BCUT2D eigenvalue weighted by atomic mass is 10.1. The molecule has 0 aliphatic carbocycles. The molecule has 0 N–H and O–H groups in total. The molecule has 0 bridgehead atoms. The summed E-state index contributed by atoms with van der Waals surface area (Å²) < 4.78 is 5.54. The lowest BCUT2D eigenvalue weighted by Crippen LogP contribution is -2.03. The van der Waals surface area contributed by atoms with E-state index in [4.69, 9.17) is 4.74 Å². The van der Waals surface area contributed by atoms with E-state index in [9.17, 15) is 0 Å². The average Bonchev–Trinajstić information content (AvgIpc) is 2.57.